The Bertz CT molecular complexity index is 808. The maximum absolute atomic E-state index is 12.4. The van der Waals surface area contributed by atoms with Crippen LogP contribution in [0.5, 0.6) is 0 Å². The molecule has 1 aromatic rings. The molecule has 0 atom stereocenters. The van der Waals surface area contributed by atoms with Crippen LogP contribution in [-0.2, 0) is 19.1 Å². The Balaban J connectivity index is 2.58. The molecule has 0 bridgehead atoms. The fourth-order valence-electron chi connectivity index (χ4n) is 2.43. The highest BCUT2D eigenvalue weighted by Crippen LogP contribution is 2.27. The molecule has 1 heterocycles. The van der Waals surface area contributed by atoms with Crippen LogP contribution in [0.25, 0.3) is 0 Å². The summed E-state index contributed by atoms with van der Waals surface area (Å²) >= 11 is 0. The van der Waals surface area contributed by atoms with Crippen LogP contribution in [0.2, 0.25) is 0 Å². The van der Waals surface area contributed by atoms with Crippen LogP contribution >= 0.6 is 0 Å². The van der Waals surface area contributed by atoms with Crippen molar-refractivity contribution < 1.29 is 23.9 Å². The fourth-order valence-corrected chi connectivity index (χ4v) is 2.43. The van der Waals surface area contributed by atoms with E-state index in [2.05, 4.69) is 5.32 Å². The van der Waals surface area contributed by atoms with Gasteiger partial charge in [-0.3, -0.25) is 4.79 Å². The smallest absolute Gasteiger partial charge is 0.355 e. The third-order valence-corrected chi connectivity index (χ3v) is 3.61. The summed E-state index contributed by atoms with van der Waals surface area (Å²) < 4.78 is 9.62. The topological polar surface area (TPSA) is 84.9 Å². The average molecular weight is 356 g/mol. The quantitative estimate of drug-likeness (QED) is 0.812. The van der Waals surface area contributed by atoms with E-state index in [1.165, 1.54) is 25.2 Å². The van der Waals surface area contributed by atoms with Crippen molar-refractivity contribution in [3.8, 4) is 0 Å². The average Bonchev–Trinajstić information content (AvgIpc) is 2.90. The summed E-state index contributed by atoms with van der Waals surface area (Å²) in [6, 6.07) is 6.70. The van der Waals surface area contributed by atoms with Gasteiger partial charge in [0.1, 0.15) is 5.70 Å². The van der Waals surface area contributed by atoms with Crippen molar-refractivity contribution in [1.82, 2.24) is 5.32 Å². The molecule has 1 N–H and O–H groups in total. The number of nitrogens with one attached hydrogen (secondary N) is 1. The van der Waals surface area contributed by atoms with E-state index in [-0.39, 0.29) is 17.2 Å². The highest BCUT2D eigenvalue weighted by molar-refractivity contribution is 6.05. The molecule has 2 rings (SSSR count). The maximum atomic E-state index is 12.4. The molecule has 7 nitrogen and oxygen atoms in total. The predicted octanol–water partition coefficient (Wildman–Crippen LogP) is 1.93. The Hall–Kier alpha value is -3.35. The Kier molecular flexibility index (Phi) is 6.32. The zero-order chi connectivity index (χ0) is 19.1. The first-order chi connectivity index (χ1) is 12.5. The molecule has 0 aliphatic carbocycles. The molecule has 26 heavy (non-hydrogen) atoms. The van der Waals surface area contributed by atoms with E-state index in [1.807, 2.05) is 6.92 Å². The van der Waals surface area contributed by atoms with Crippen LogP contribution in [0.15, 0.2) is 60.0 Å². The zero-order valence-corrected chi connectivity index (χ0v) is 14.8. The highest BCUT2D eigenvalue weighted by atomic mass is 16.5. The van der Waals surface area contributed by atoms with Crippen molar-refractivity contribution in [2.75, 3.05) is 25.7 Å². The first-order valence-corrected chi connectivity index (χ1v) is 7.96. The van der Waals surface area contributed by atoms with Crippen molar-refractivity contribution in [3.63, 3.8) is 0 Å². The molecule has 1 amide bonds. The van der Waals surface area contributed by atoms with Gasteiger partial charge in [-0.05, 0) is 37.3 Å². The van der Waals surface area contributed by atoms with Crippen LogP contribution in [-0.4, -0.2) is 38.6 Å². The van der Waals surface area contributed by atoms with Crippen molar-refractivity contribution in [1.29, 1.82) is 0 Å². The number of methoxy groups -OCH3 is 2. The second-order valence-electron chi connectivity index (χ2n) is 5.23. The van der Waals surface area contributed by atoms with E-state index in [0.717, 1.165) is 0 Å². The minimum atomic E-state index is -0.704. The molecule has 0 saturated carbocycles. The molecule has 136 valence electrons. The molecule has 1 aromatic carbocycles. The van der Waals surface area contributed by atoms with Crippen LogP contribution in [0.3, 0.4) is 0 Å². The first kappa shape index (κ1) is 19.0. The molecular formula is C19H20N2O5. The van der Waals surface area contributed by atoms with E-state index in [1.54, 1.807) is 42.6 Å². The summed E-state index contributed by atoms with van der Waals surface area (Å²) in [6.45, 7) is 2.32. The van der Waals surface area contributed by atoms with E-state index in [9.17, 15) is 14.4 Å². The predicted molar refractivity (Wildman–Crippen MR) is 96.3 cm³/mol. The molecule has 0 saturated heterocycles. The summed E-state index contributed by atoms with van der Waals surface area (Å²) in [6.07, 6.45) is 6.36. The second kappa shape index (κ2) is 8.66. The number of carbonyl (C=O) groups excluding carboxylic acids is 3. The van der Waals surface area contributed by atoms with E-state index >= 15 is 0 Å². The molecule has 0 spiro atoms. The van der Waals surface area contributed by atoms with Gasteiger partial charge in [-0.2, -0.15) is 0 Å². The van der Waals surface area contributed by atoms with Gasteiger partial charge < -0.3 is 19.7 Å². The molecular weight excluding hydrogens is 336 g/mol. The van der Waals surface area contributed by atoms with E-state index in [4.69, 9.17) is 9.47 Å². The highest BCUT2D eigenvalue weighted by Gasteiger charge is 2.27. The number of benzene rings is 1. The Labute approximate surface area is 151 Å². The van der Waals surface area contributed by atoms with Gasteiger partial charge in [-0.15, -0.1) is 0 Å². The van der Waals surface area contributed by atoms with Crippen molar-refractivity contribution in [2.45, 2.75) is 6.92 Å². The number of hydrogen-bond acceptors (Lipinski definition) is 6. The van der Waals surface area contributed by atoms with Crippen molar-refractivity contribution >= 4 is 23.5 Å². The van der Waals surface area contributed by atoms with Gasteiger partial charge in [-0.1, -0.05) is 12.1 Å². The summed E-state index contributed by atoms with van der Waals surface area (Å²) in [5.41, 5.74) is 0.999. The van der Waals surface area contributed by atoms with Gasteiger partial charge in [0, 0.05) is 24.0 Å². The fraction of sp³-hybridized carbons (Fsp3) is 0.211. The molecule has 1 aliphatic rings. The molecule has 0 unspecified atom stereocenters. The third-order valence-electron chi connectivity index (χ3n) is 3.61. The summed E-state index contributed by atoms with van der Waals surface area (Å²) in [7, 11) is 2.46. The maximum Gasteiger partial charge on any atom is 0.355 e. The summed E-state index contributed by atoms with van der Waals surface area (Å²) in [5, 5.41) is 2.72. The zero-order valence-electron chi connectivity index (χ0n) is 14.8. The number of hydrogen-bond donors (Lipinski definition) is 1. The lowest BCUT2D eigenvalue weighted by Gasteiger charge is -2.23. The van der Waals surface area contributed by atoms with Gasteiger partial charge in [-0.25, -0.2) is 9.59 Å². The number of carbonyl (C=O) groups is 3. The largest absolute Gasteiger partial charge is 0.465 e. The molecule has 0 aromatic heterocycles. The lowest BCUT2D eigenvalue weighted by atomic mass is 10.1. The van der Waals surface area contributed by atoms with Crippen molar-refractivity contribution in [3.05, 3.63) is 65.5 Å². The van der Waals surface area contributed by atoms with Crippen LogP contribution in [0.1, 0.15) is 17.3 Å². The lowest BCUT2D eigenvalue weighted by Crippen LogP contribution is -2.27. The number of esters is 2. The minimum Gasteiger partial charge on any atom is -0.465 e. The number of nitrogens with zero attached hydrogens (tertiary/aromatic N) is 1. The third kappa shape index (κ3) is 4.00. The number of ether oxygens (including phenoxy) is 2. The number of amides is 1. The van der Waals surface area contributed by atoms with Gasteiger partial charge in [0.2, 0.25) is 0 Å². The van der Waals surface area contributed by atoms with Crippen LogP contribution in [0, 0.1) is 0 Å². The summed E-state index contributed by atoms with van der Waals surface area (Å²) in [5.74, 6) is -1.61. The monoisotopic (exact) mass is 356 g/mol. The Morgan fingerprint density at radius 3 is 2.46 bits per heavy atom. The Morgan fingerprint density at radius 1 is 1.08 bits per heavy atom. The lowest BCUT2D eigenvalue weighted by molar-refractivity contribution is -0.139. The number of rotatable bonds is 5. The number of anilines is 1. The normalized spacial score (nSPS) is 13.3. The van der Waals surface area contributed by atoms with Gasteiger partial charge in [0.05, 0.1) is 19.8 Å². The standard InChI is InChI=1S/C19H20N2O5/c1-4-20-17(22)13-8-7-9-14(12-13)21-11-6-5-10-15(18(23)25-2)16(21)19(24)26-3/h5-12H,4H2,1-3H3,(H,20,22). The SMILES string of the molecule is CCNC(=O)c1cccc(N2C=CC=CC(C(=O)OC)=C2C(=O)OC)c1. The number of allylic oxidation sites excluding steroid dienone is 2. The first-order valence-electron chi connectivity index (χ1n) is 7.96. The van der Waals surface area contributed by atoms with Crippen LogP contribution in [0.4, 0.5) is 5.69 Å². The van der Waals surface area contributed by atoms with Gasteiger partial charge >= 0.3 is 11.9 Å². The molecule has 1 aliphatic heterocycles. The molecule has 0 radical (unpaired) electrons. The van der Waals surface area contributed by atoms with Crippen molar-refractivity contribution in [2.24, 2.45) is 0 Å². The van der Waals surface area contributed by atoms with Gasteiger partial charge in [0.15, 0.2) is 0 Å². The molecule has 7 heteroatoms. The van der Waals surface area contributed by atoms with E-state index in [0.29, 0.717) is 17.8 Å². The van der Waals surface area contributed by atoms with Crippen LogP contribution < -0.4 is 10.2 Å². The van der Waals surface area contributed by atoms with E-state index < -0.39 is 11.9 Å². The second-order valence-corrected chi connectivity index (χ2v) is 5.23. The molecule has 0 fully saturated rings. The van der Waals surface area contributed by atoms with Gasteiger partial charge in [0.25, 0.3) is 5.91 Å². The Morgan fingerprint density at radius 2 is 1.81 bits per heavy atom. The minimum absolute atomic E-state index is 0.00241. The summed E-state index contributed by atoms with van der Waals surface area (Å²) in [4.78, 5) is 38.1.